The molecule has 2 rings (SSSR count). The van der Waals surface area contributed by atoms with E-state index in [9.17, 15) is 0 Å². The van der Waals surface area contributed by atoms with E-state index in [-0.39, 0.29) is 0 Å². The zero-order chi connectivity index (χ0) is 12.1. The maximum absolute atomic E-state index is 8.60. The fraction of sp³-hybridized carbons (Fsp3) is 0.0769. The minimum Gasteiger partial charge on any atom is -0.487 e. The SMILES string of the molecule is N#Cc1ccc(OCc2ccccc2Cl)cn1. The Bertz CT molecular complexity index is 546. The Kier molecular flexibility index (Phi) is 3.59. The number of halogens is 1. The van der Waals surface area contributed by atoms with Gasteiger partial charge in [0.1, 0.15) is 24.1 Å². The van der Waals surface area contributed by atoms with E-state index in [1.165, 1.54) is 6.20 Å². The number of aromatic nitrogens is 1. The van der Waals surface area contributed by atoms with Crippen molar-refractivity contribution in [3.63, 3.8) is 0 Å². The molecule has 0 aliphatic carbocycles. The molecule has 0 spiro atoms. The van der Waals surface area contributed by atoms with Crippen LogP contribution in [0.5, 0.6) is 5.75 Å². The molecule has 0 amide bonds. The lowest BCUT2D eigenvalue weighted by Gasteiger charge is -2.06. The van der Waals surface area contributed by atoms with Gasteiger partial charge in [-0.25, -0.2) is 4.98 Å². The van der Waals surface area contributed by atoms with Gasteiger partial charge in [-0.05, 0) is 18.2 Å². The Morgan fingerprint density at radius 2 is 2.06 bits per heavy atom. The van der Waals surface area contributed by atoms with E-state index < -0.39 is 0 Å². The Labute approximate surface area is 104 Å². The van der Waals surface area contributed by atoms with Gasteiger partial charge in [0.05, 0.1) is 6.20 Å². The van der Waals surface area contributed by atoms with Crippen LogP contribution in [-0.4, -0.2) is 4.98 Å². The maximum Gasteiger partial charge on any atom is 0.140 e. The number of nitriles is 1. The third kappa shape index (κ3) is 2.96. The van der Waals surface area contributed by atoms with Crippen LogP contribution in [-0.2, 0) is 6.61 Å². The number of hydrogen-bond acceptors (Lipinski definition) is 3. The number of nitrogens with zero attached hydrogens (tertiary/aromatic N) is 2. The second kappa shape index (κ2) is 5.33. The molecule has 0 saturated heterocycles. The summed E-state index contributed by atoms with van der Waals surface area (Å²) in [6.45, 7) is 0.382. The standard InChI is InChI=1S/C13H9ClN2O/c14-13-4-2-1-3-10(13)9-17-12-6-5-11(7-15)16-8-12/h1-6,8H,9H2. The molecule has 0 aliphatic rings. The quantitative estimate of drug-likeness (QED) is 0.833. The van der Waals surface area contributed by atoms with Crippen molar-refractivity contribution in [3.8, 4) is 11.8 Å². The Balaban J connectivity index is 2.03. The molecule has 4 heteroatoms. The normalized spacial score (nSPS) is 9.65. The van der Waals surface area contributed by atoms with Crippen LogP contribution in [0.25, 0.3) is 0 Å². The van der Waals surface area contributed by atoms with Crippen LogP contribution in [0.15, 0.2) is 42.6 Å². The first kappa shape index (κ1) is 11.4. The first-order valence-electron chi connectivity index (χ1n) is 5.02. The highest BCUT2D eigenvalue weighted by Gasteiger charge is 2.00. The van der Waals surface area contributed by atoms with Gasteiger partial charge in [0.25, 0.3) is 0 Å². The smallest absolute Gasteiger partial charge is 0.140 e. The van der Waals surface area contributed by atoms with Gasteiger partial charge >= 0.3 is 0 Å². The highest BCUT2D eigenvalue weighted by molar-refractivity contribution is 6.31. The van der Waals surface area contributed by atoms with E-state index in [2.05, 4.69) is 4.98 Å². The zero-order valence-electron chi connectivity index (χ0n) is 8.93. The Hall–Kier alpha value is -2.05. The van der Waals surface area contributed by atoms with Crippen LogP contribution in [0.4, 0.5) is 0 Å². The highest BCUT2D eigenvalue weighted by atomic mass is 35.5. The molecule has 0 saturated carbocycles. The maximum atomic E-state index is 8.60. The van der Waals surface area contributed by atoms with Crippen LogP contribution in [0.3, 0.4) is 0 Å². The lowest BCUT2D eigenvalue weighted by molar-refractivity contribution is 0.305. The molecule has 0 fully saturated rings. The monoisotopic (exact) mass is 244 g/mol. The summed E-state index contributed by atoms with van der Waals surface area (Å²) in [6.07, 6.45) is 1.52. The van der Waals surface area contributed by atoms with E-state index in [0.29, 0.717) is 23.1 Å². The van der Waals surface area contributed by atoms with Gasteiger partial charge in [-0.2, -0.15) is 5.26 Å². The van der Waals surface area contributed by atoms with Crippen molar-refractivity contribution in [2.75, 3.05) is 0 Å². The summed E-state index contributed by atoms with van der Waals surface area (Å²) in [6, 6.07) is 12.8. The summed E-state index contributed by atoms with van der Waals surface area (Å²) in [7, 11) is 0. The molecule has 84 valence electrons. The van der Waals surface area contributed by atoms with E-state index in [1.54, 1.807) is 12.1 Å². The van der Waals surface area contributed by atoms with Gasteiger partial charge in [0.15, 0.2) is 0 Å². The Morgan fingerprint density at radius 3 is 2.71 bits per heavy atom. The molecular formula is C13H9ClN2O. The minimum atomic E-state index is 0.370. The van der Waals surface area contributed by atoms with Crippen molar-refractivity contribution in [2.24, 2.45) is 0 Å². The topological polar surface area (TPSA) is 45.9 Å². The summed E-state index contributed by atoms with van der Waals surface area (Å²) in [5.41, 5.74) is 1.29. The van der Waals surface area contributed by atoms with Gasteiger partial charge in [0.2, 0.25) is 0 Å². The van der Waals surface area contributed by atoms with E-state index in [1.807, 2.05) is 30.3 Å². The van der Waals surface area contributed by atoms with Gasteiger partial charge < -0.3 is 4.74 Å². The van der Waals surface area contributed by atoms with Crippen molar-refractivity contribution in [3.05, 3.63) is 58.9 Å². The van der Waals surface area contributed by atoms with Crippen LogP contribution in [0, 0.1) is 11.3 Å². The van der Waals surface area contributed by atoms with Crippen LogP contribution < -0.4 is 4.74 Å². The molecule has 17 heavy (non-hydrogen) atoms. The minimum absolute atomic E-state index is 0.370. The number of benzene rings is 1. The van der Waals surface area contributed by atoms with Crippen LogP contribution in [0.1, 0.15) is 11.3 Å². The lowest BCUT2D eigenvalue weighted by Crippen LogP contribution is -1.96. The largest absolute Gasteiger partial charge is 0.487 e. The average Bonchev–Trinajstić information content (AvgIpc) is 2.38. The fourth-order valence-electron chi connectivity index (χ4n) is 1.31. The second-order valence-corrected chi connectivity index (χ2v) is 3.78. The second-order valence-electron chi connectivity index (χ2n) is 3.37. The summed E-state index contributed by atoms with van der Waals surface area (Å²) in [4.78, 5) is 3.91. The summed E-state index contributed by atoms with van der Waals surface area (Å²) in [5.74, 6) is 0.615. The lowest BCUT2D eigenvalue weighted by atomic mass is 10.2. The summed E-state index contributed by atoms with van der Waals surface area (Å²) < 4.78 is 5.52. The molecule has 1 heterocycles. The van der Waals surface area contributed by atoms with Gasteiger partial charge in [-0.1, -0.05) is 29.8 Å². The van der Waals surface area contributed by atoms with E-state index in [4.69, 9.17) is 21.6 Å². The molecule has 0 radical (unpaired) electrons. The molecule has 1 aromatic heterocycles. The molecule has 0 unspecified atom stereocenters. The molecule has 0 atom stereocenters. The summed E-state index contributed by atoms with van der Waals surface area (Å²) in [5, 5.41) is 9.28. The molecule has 0 N–H and O–H groups in total. The summed E-state index contributed by atoms with van der Waals surface area (Å²) >= 11 is 6.00. The van der Waals surface area contributed by atoms with Gasteiger partial charge in [-0.15, -0.1) is 0 Å². The predicted octanol–water partition coefficient (Wildman–Crippen LogP) is 3.19. The van der Waals surface area contributed by atoms with E-state index >= 15 is 0 Å². The molecule has 3 nitrogen and oxygen atoms in total. The van der Waals surface area contributed by atoms with E-state index in [0.717, 1.165) is 5.56 Å². The third-order valence-corrected chi connectivity index (χ3v) is 2.57. The van der Waals surface area contributed by atoms with Crippen molar-refractivity contribution in [1.82, 2.24) is 4.98 Å². The molecule has 1 aromatic carbocycles. The van der Waals surface area contributed by atoms with Crippen LogP contribution in [0.2, 0.25) is 5.02 Å². The molecule has 2 aromatic rings. The first-order valence-corrected chi connectivity index (χ1v) is 5.40. The highest BCUT2D eigenvalue weighted by Crippen LogP contribution is 2.17. The zero-order valence-corrected chi connectivity index (χ0v) is 9.69. The number of rotatable bonds is 3. The van der Waals surface area contributed by atoms with Gasteiger partial charge in [0, 0.05) is 10.6 Å². The van der Waals surface area contributed by atoms with Crippen LogP contribution >= 0.6 is 11.6 Å². The average molecular weight is 245 g/mol. The van der Waals surface area contributed by atoms with Crippen molar-refractivity contribution < 1.29 is 4.74 Å². The van der Waals surface area contributed by atoms with Crippen molar-refractivity contribution in [1.29, 1.82) is 5.26 Å². The number of ether oxygens (including phenoxy) is 1. The molecular weight excluding hydrogens is 236 g/mol. The molecule has 0 bridgehead atoms. The fourth-order valence-corrected chi connectivity index (χ4v) is 1.50. The van der Waals surface area contributed by atoms with Crippen molar-refractivity contribution >= 4 is 11.6 Å². The first-order chi connectivity index (χ1) is 8.29. The number of pyridine rings is 1. The van der Waals surface area contributed by atoms with Crippen molar-refractivity contribution in [2.45, 2.75) is 6.61 Å². The predicted molar refractivity (Wildman–Crippen MR) is 64.7 cm³/mol. The Morgan fingerprint density at radius 1 is 1.24 bits per heavy atom. The van der Waals surface area contributed by atoms with Gasteiger partial charge in [-0.3, -0.25) is 0 Å². The molecule has 0 aliphatic heterocycles. The third-order valence-electron chi connectivity index (χ3n) is 2.20. The number of hydrogen-bond donors (Lipinski definition) is 0.